The minimum Gasteiger partial charge on any atom is -0.360 e. The van der Waals surface area contributed by atoms with Crippen LogP contribution in [0.3, 0.4) is 0 Å². The molecule has 1 aliphatic rings. The van der Waals surface area contributed by atoms with E-state index in [4.69, 9.17) is 4.52 Å². The maximum Gasteiger partial charge on any atom is 0.244 e. The molecule has 1 aromatic carbocycles. The van der Waals surface area contributed by atoms with Crippen molar-refractivity contribution < 1.29 is 17.7 Å². The van der Waals surface area contributed by atoms with Crippen molar-refractivity contribution in [2.45, 2.75) is 37.6 Å². The van der Waals surface area contributed by atoms with Gasteiger partial charge in [-0.2, -0.15) is 4.31 Å². The summed E-state index contributed by atoms with van der Waals surface area (Å²) in [7, 11) is -3.72. The lowest BCUT2D eigenvalue weighted by atomic mass is 10.2. The Morgan fingerprint density at radius 1 is 1.33 bits per heavy atom. The third-order valence-electron chi connectivity index (χ3n) is 4.07. The Bertz CT molecular complexity index is 860. The second-order valence-electron chi connectivity index (χ2n) is 5.85. The van der Waals surface area contributed by atoms with Gasteiger partial charge in [-0.05, 0) is 38.3 Å². The van der Waals surface area contributed by atoms with E-state index in [1.165, 1.54) is 4.31 Å². The Morgan fingerprint density at radius 3 is 2.75 bits per heavy atom. The predicted octanol–water partition coefficient (Wildman–Crippen LogP) is 2.08. The molecule has 0 spiro atoms. The molecular formula is C16H19N3O4S. The Labute approximate surface area is 140 Å². The van der Waals surface area contributed by atoms with Gasteiger partial charge in [-0.15, -0.1) is 0 Å². The summed E-state index contributed by atoms with van der Waals surface area (Å²) in [6.07, 6.45) is 1.12. The molecule has 2 aromatic rings. The predicted molar refractivity (Wildman–Crippen MR) is 88.0 cm³/mol. The summed E-state index contributed by atoms with van der Waals surface area (Å²) in [5.74, 6) is 0.469. The maximum absolute atomic E-state index is 12.9. The number of carbonyl (C=O) groups excluding carboxylic acids is 1. The number of aromatic nitrogens is 1. The van der Waals surface area contributed by atoms with E-state index in [-0.39, 0.29) is 10.7 Å². The first-order chi connectivity index (χ1) is 11.4. The number of carbonyl (C=O) groups is 1. The number of amides is 1. The lowest BCUT2D eigenvalue weighted by Gasteiger charge is -2.23. The normalized spacial score (nSPS) is 18.7. The summed E-state index contributed by atoms with van der Waals surface area (Å²) in [6.45, 7) is 3.79. The van der Waals surface area contributed by atoms with Crippen molar-refractivity contribution in [1.82, 2.24) is 9.46 Å². The molecule has 7 nitrogen and oxygen atoms in total. The van der Waals surface area contributed by atoms with Crippen LogP contribution in [0.15, 0.2) is 39.8 Å². The van der Waals surface area contributed by atoms with Gasteiger partial charge in [0.1, 0.15) is 11.8 Å². The van der Waals surface area contributed by atoms with Crippen molar-refractivity contribution in [3.63, 3.8) is 0 Å². The molecule has 0 aliphatic carbocycles. The van der Waals surface area contributed by atoms with Gasteiger partial charge in [0.15, 0.2) is 5.82 Å². The topological polar surface area (TPSA) is 92.5 Å². The van der Waals surface area contributed by atoms with Crippen LogP contribution >= 0.6 is 0 Å². The van der Waals surface area contributed by atoms with Crippen LogP contribution in [0.2, 0.25) is 0 Å². The van der Waals surface area contributed by atoms with Gasteiger partial charge in [0.05, 0.1) is 4.90 Å². The molecule has 1 atom stereocenters. The minimum absolute atomic E-state index is 0.238. The molecule has 0 saturated carbocycles. The van der Waals surface area contributed by atoms with E-state index in [1.54, 1.807) is 44.2 Å². The average molecular weight is 349 g/mol. The highest BCUT2D eigenvalue weighted by Crippen LogP contribution is 2.28. The molecule has 1 aromatic heterocycles. The molecule has 8 heteroatoms. The van der Waals surface area contributed by atoms with Crippen molar-refractivity contribution in [2.75, 3.05) is 11.9 Å². The number of hydrogen-bond donors (Lipinski definition) is 1. The van der Waals surface area contributed by atoms with E-state index in [9.17, 15) is 13.2 Å². The molecule has 0 bridgehead atoms. The zero-order valence-corrected chi connectivity index (χ0v) is 14.3. The van der Waals surface area contributed by atoms with E-state index in [2.05, 4.69) is 10.5 Å². The smallest absolute Gasteiger partial charge is 0.244 e. The standard InChI is InChI=1S/C16H19N3O4S/c1-11-6-3-4-8-14(11)24(21,22)19-9-5-7-13(19)16(20)17-15-10-12(2)23-18-15/h3-4,6,8,10,13H,5,7,9H2,1-2H3,(H,17,18,20)/t13-/m0/s1. The molecular weight excluding hydrogens is 330 g/mol. The van der Waals surface area contributed by atoms with Gasteiger partial charge < -0.3 is 9.84 Å². The van der Waals surface area contributed by atoms with Crippen LogP contribution in [-0.4, -0.2) is 36.4 Å². The molecule has 0 radical (unpaired) electrons. The summed E-state index contributed by atoms with van der Waals surface area (Å²) >= 11 is 0. The molecule has 1 N–H and O–H groups in total. The summed E-state index contributed by atoms with van der Waals surface area (Å²) in [5.41, 5.74) is 0.663. The Hall–Kier alpha value is -2.19. The summed E-state index contributed by atoms with van der Waals surface area (Å²) in [5, 5.41) is 6.33. The molecule has 24 heavy (non-hydrogen) atoms. The summed E-state index contributed by atoms with van der Waals surface area (Å²) in [4.78, 5) is 12.7. The zero-order chi connectivity index (χ0) is 17.3. The average Bonchev–Trinajstić information content (AvgIpc) is 3.17. The summed E-state index contributed by atoms with van der Waals surface area (Å²) in [6, 6.07) is 7.63. The lowest BCUT2D eigenvalue weighted by molar-refractivity contribution is -0.119. The molecule has 1 amide bonds. The molecule has 1 fully saturated rings. The first-order valence-electron chi connectivity index (χ1n) is 7.71. The Balaban J connectivity index is 1.85. The first kappa shape index (κ1) is 16.7. The Kier molecular flexibility index (Phi) is 4.42. The Morgan fingerprint density at radius 2 is 2.08 bits per heavy atom. The number of rotatable bonds is 4. The van der Waals surface area contributed by atoms with Gasteiger partial charge in [0.25, 0.3) is 0 Å². The van der Waals surface area contributed by atoms with Crippen LogP contribution in [0.1, 0.15) is 24.2 Å². The van der Waals surface area contributed by atoms with E-state index >= 15 is 0 Å². The highest BCUT2D eigenvalue weighted by atomic mass is 32.2. The van der Waals surface area contributed by atoms with E-state index < -0.39 is 22.0 Å². The van der Waals surface area contributed by atoms with E-state index in [0.717, 1.165) is 0 Å². The van der Waals surface area contributed by atoms with E-state index in [1.807, 2.05) is 0 Å². The second-order valence-corrected chi connectivity index (χ2v) is 7.71. The fraction of sp³-hybridized carbons (Fsp3) is 0.375. The molecule has 128 valence electrons. The SMILES string of the molecule is Cc1cc(NC(=O)[C@@H]2CCCN2S(=O)(=O)c2ccccc2C)no1. The third-order valence-corrected chi connectivity index (χ3v) is 6.13. The number of anilines is 1. The van der Waals surface area contributed by atoms with Crippen molar-refractivity contribution in [3.05, 3.63) is 41.7 Å². The third kappa shape index (κ3) is 3.07. The van der Waals surface area contributed by atoms with Gasteiger partial charge in [-0.3, -0.25) is 4.79 Å². The highest BCUT2D eigenvalue weighted by Gasteiger charge is 2.40. The summed E-state index contributed by atoms with van der Waals surface area (Å²) < 4.78 is 32.1. The van der Waals surface area contributed by atoms with Crippen molar-refractivity contribution in [1.29, 1.82) is 0 Å². The number of aryl methyl sites for hydroxylation is 2. The van der Waals surface area contributed by atoms with Gasteiger partial charge in [0.2, 0.25) is 15.9 Å². The number of nitrogens with one attached hydrogen (secondary N) is 1. The maximum atomic E-state index is 12.9. The molecule has 0 unspecified atom stereocenters. The van der Waals surface area contributed by atoms with Crippen molar-refractivity contribution in [3.8, 4) is 0 Å². The zero-order valence-electron chi connectivity index (χ0n) is 13.5. The highest BCUT2D eigenvalue weighted by molar-refractivity contribution is 7.89. The monoisotopic (exact) mass is 349 g/mol. The van der Waals surface area contributed by atoms with Crippen LogP contribution in [0.25, 0.3) is 0 Å². The molecule has 3 rings (SSSR count). The number of benzene rings is 1. The van der Waals surface area contributed by atoms with Gasteiger partial charge in [-0.1, -0.05) is 23.4 Å². The molecule has 1 saturated heterocycles. The van der Waals surface area contributed by atoms with Crippen LogP contribution in [-0.2, 0) is 14.8 Å². The van der Waals surface area contributed by atoms with Crippen LogP contribution in [0.4, 0.5) is 5.82 Å². The fourth-order valence-corrected chi connectivity index (χ4v) is 4.78. The second kappa shape index (κ2) is 6.37. The van der Waals surface area contributed by atoms with Crippen LogP contribution in [0, 0.1) is 13.8 Å². The first-order valence-corrected chi connectivity index (χ1v) is 9.15. The van der Waals surface area contributed by atoms with Gasteiger partial charge >= 0.3 is 0 Å². The van der Waals surface area contributed by atoms with Crippen molar-refractivity contribution >= 4 is 21.7 Å². The fourth-order valence-electron chi connectivity index (χ4n) is 2.90. The lowest BCUT2D eigenvalue weighted by Crippen LogP contribution is -2.43. The van der Waals surface area contributed by atoms with Crippen LogP contribution < -0.4 is 5.32 Å². The molecule has 2 heterocycles. The number of sulfonamides is 1. The van der Waals surface area contributed by atoms with E-state index in [0.29, 0.717) is 30.7 Å². The number of hydrogen-bond acceptors (Lipinski definition) is 5. The quantitative estimate of drug-likeness (QED) is 0.912. The van der Waals surface area contributed by atoms with Crippen LogP contribution in [0.5, 0.6) is 0 Å². The largest absolute Gasteiger partial charge is 0.360 e. The van der Waals surface area contributed by atoms with Gasteiger partial charge in [0, 0.05) is 12.6 Å². The number of nitrogens with zero attached hydrogens (tertiary/aromatic N) is 2. The minimum atomic E-state index is -3.72. The van der Waals surface area contributed by atoms with Gasteiger partial charge in [-0.25, -0.2) is 8.42 Å². The molecule has 1 aliphatic heterocycles. The van der Waals surface area contributed by atoms with Crippen molar-refractivity contribution in [2.24, 2.45) is 0 Å².